The molecule has 0 spiro atoms. The van der Waals surface area contributed by atoms with E-state index in [0.717, 1.165) is 0 Å². The highest BCUT2D eigenvalue weighted by atomic mass is 32.2. The van der Waals surface area contributed by atoms with Crippen molar-refractivity contribution in [1.29, 1.82) is 0 Å². The van der Waals surface area contributed by atoms with Crippen LogP contribution in [0.1, 0.15) is 13.8 Å². The molecule has 0 bridgehead atoms. The van der Waals surface area contributed by atoms with Crippen molar-refractivity contribution < 1.29 is 17.7 Å². The summed E-state index contributed by atoms with van der Waals surface area (Å²) in [7, 11) is -4.38. The van der Waals surface area contributed by atoms with Crippen molar-refractivity contribution in [2.45, 2.75) is 24.3 Å². The Kier molecular flexibility index (Phi) is 3.71. The highest BCUT2D eigenvalue weighted by Gasteiger charge is 2.40. The molecule has 1 aliphatic heterocycles. The number of hydrogen-bond donors (Lipinski definition) is 0. The Balaban J connectivity index is 1.89. The minimum Gasteiger partial charge on any atom is -0.404 e. The summed E-state index contributed by atoms with van der Waals surface area (Å²) in [4.78, 5) is 4.48. The van der Waals surface area contributed by atoms with E-state index in [0.29, 0.717) is 23.1 Å². The molecule has 4 rings (SSSR count). The summed E-state index contributed by atoms with van der Waals surface area (Å²) in [5, 5.41) is 0.699. The zero-order valence-electron chi connectivity index (χ0n) is 13.9. The standard InChI is InChI=1S/C17H17BN2O4S/c1-17(2)12-23-18(24-17)15-11-20(16-14(15)9-6-10-19-16)25(21,22)13-7-4-3-5-8-13/h3-11H,12H2,1-2H3. The van der Waals surface area contributed by atoms with E-state index in [-0.39, 0.29) is 4.90 Å². The predicted molar refractivity (Wildman–Crippen MR) is 95.3 cm³/mol. The first-order valence-electron chi connectivity index (χ1n) is 7.94. The van der Waals surface area contributed by atoms with Gasteiger partial charge in [-0.15, -0.1) is 0 Å². The maximum absolute atomic E-state index is 13.0. The van der Waals surface area contributed by atoms with Gasteiger partial charge in [0.25, 0.3) is 10.0 Å². The van der Waals surface area contributed by atoms with Crippen molar-refractivity contribution in [3.8, 4) is 0 Å². The lowest BCUT2D eigenvalue weighted by Crippen LogP contribution is -2.34. The summed E-state index contributed by atoms with van der Waals surface area (Å²) in [6.45, 7) is 4.31. The van der Waals surface area contributed by atoms with Crippen molar-refractivity contribution in [2.75, 3.05) is 6.61 Å². The van der Waals surface area contributed by atoms with E-state index in [9.17, 15) is 8.42 Å². The molecule has 3 aromatic rings. The van der Waals surface area contributed by atoms with Crippen LogP contribution in [-0.2, 0) is 19.3 Å². The summed E-state index contributed by atoms with van der Waals surface area (Å²) < 4.78 is 38.9. The molecule has 0 atom stereocenters. The van der Waals surface area contributed by atoms with Gasteiger partial charge < -0.3 is 9.31 Å². The molecule has 25 heavy (non-hydrogen) atoms. The van der Waals surface area contributed by atoms with E-state index < -0.39 is 22.7 Å². The van der Waals surface area contributed by atoms with E-state index in [1.54, 1.807) is 48.8 Å². The molecule has 1 aromatic carbocycles. The fourth-order valence-electron chi connectivity index (χ4n) is 2.92. The molecule has 0 unspecified atom stereocenters. The molecule has 6 nitrogen and oxygen atoms in total. The van der Waals surface area contributed by atoms with E-state index in [1.165, 1.54) is 3.97 Å². The lowest BCUT2D eigenvalue weighted by atomic mass is 9.79. The van der Waals surface area contributed by atoms with Crippen LogP contribution in [-0.4, -0.2) is 36.7 Å². The average Bonchev–Trinajstić information content (AvgIpc) is 3.16. The van der Waals surface area contributed by atoms with Crippen LogP contribution in [0.25, 0.3) is 11.0 Å². The van der Waals surface area contributed by atoms with Gasteiger partial charge in [-0.05, 0) is 38.1 Å². The summed E-state index contributed by atoms with van der Waals surface area (Å²) in [6.07, 6.45) is 3.12. The highest BCUT2D eigenvalue weighted by Crippen LogP contribution is 2.24. The number of fused-ring (bicyclic) bond motifs is 1. The Morgan fingerprint density at radius 3 is 2.60 bits per heavy atom. The van der Waals surface area contributed by atoms with Gasteiger partial charge in [0.1, 0.15) is 0 Å². The van der Waals surface area contributed by atoms with E-state index >= 15 is 0 Å². The lowest BCUT2D eigenvalue weighted by Gasteiger charge is -2.15. The number of hydrogen-bond acceptors (Lipinski definition) is 5. The van der Waals surface area contributed by atoms with Crippen LogP contribution in [0.3, 0.4) is 0 Å². The quantitative estimate of drug-likeness (QED) is 0.670. The maximum Gasteiger partial charge on any atom is 0.496 e. The smallest absolute Gasteiger partial charge is 0.404 e. The zero-order chi connectivity index (χ0) is 17.7. The molecular weight excluding hydrogens is 339 g/mol. The minimum atomic E-state index is -3.76. The molecule has 3 heterocycles. The van der Waals surface area contributed by atoms with Gasteiger partial charge in [-0.25, -0.2) is 17.4 Å². The Morgan fingerprint density at radius 1 is 1.16 bits per heavy atom. The molecule has 8 heteroatoms. The fourth-order valence-corrected chi connectivity index (χ4v) is 4.27. The van der Waals surface area contributed by atoms with Gasteiger partial charge in [-0.1, -0.05) is 18.2 Å². The van der Waals surface area contributed by atoms with Crippen LogP contribution in [0.2, 0.25) is 0 Å². The Morgan fingerprint density at radius 2 is 1.92 bits per heavy atom. The molecule has 0 aliphatic carbocycles. The molecule has 128 valence electrons. The van der Waals surface area contributed by atoms with Crippen LogP contribution in [0.5, 0.6) is 0 Å². The molecule has 0 saturated carbocycles. The fraction of sp³-hybridized carbons (Fsp3) is 0.235. The lowest BCUT2D eigenvalue weighted by molar-refractivity contribution is 0.137. The Bertz CT molecular complexity index is 1030. The highest BCUT2D eigenvalue weighted by molar-refractivity contribution is 7.90. The SMILES string of the molecule is CC1(C)COB(c2cn(S(=O)(=O)c3ccccc3)c3ncccc23)O1. The molecule has 0 N–H and O–H groups in total. The third kappa shape index (κ3) is 2.76. The number of pyridine rings is 1. The van der Waals surface area contributed by atoms with Crippen LogP contribution >= 0.6 is 0 Å². The number of aromatic nitrogens is 2. The molecule has 0 amide bonds. The summed E-state index contributed by atoms with van der Waals surface area (Å²) in [5.41, 5.74) is 0.603. The van der Waals surface area contributed by atoms with Gasteiger partial charge in [0.15, 0.2) is 5.65 Å². The minimum absolute atomic E-state index is 0.206. The third-order valence-corrected chi connectivity index (χ3v) is 5.79. The summed E-state index contributed by atoms with van der Waals surface area (Å²) >= 11 is 0. The van der Waals surface area contributed by atoms with Crippen LogP contribution < -0.4 is 5.46 Å². The van der Waals surface area contributed by atoms with Gasteiger partial charge in [0.2, 0.25) is 0 Å². The average molecular weight is 356 g/mol. The van der Waals surface area contributed by atoms with Crippen molar-refractivity contribution in [1.82, 2.24) is 8.96 Å². The largest absolute Gasteiger partial charge is 0.496 e. The first kappa shape index (κ1) is 16.3. The molecule has 2 aromatic heterocycles. The first-order valence-corrected chi connectivity index (χ1v) is 9.38. The van der Waals surface area contributed by atoms with Crippen LogP contribution in [0.15, 0.2) is 59.8 Å². The Hall–Kier alpha value is -2.16. The molecule has 0 radical (unpaired) electrons. The van der Waals surface area contributed by atoms with E-state index in [2.05, 4.69) is 4.98 Å². The maximum atomic E-state index is 13.0. The van der Waals surface area contributed by atoms with E-state index in [1.807, 2.05) is 19.9 Å². The van der Waals surface area contributed by atoms with E-state index in [4.69, 9.17) is 9.31 Å². The van der Waals surface area contributed by atoms with Crippen molar-refractivity contribution in [3.63, 3.8) is 0 Å². The Labute approximate surface area is 146 Å². The van der Waals surface area contributed by atoms with Gasteiger partial charge in [-0.2, -0.15) is 0 Å². The number of rotatable bonds is 3. The number of nitrogens with zero attached hydrogens (tertiary/aromatic N) is 2. The second-order valence-corrected chi connectivity index (χ2v) is 8.41. The molecule has 1 saturated heterocycles. The third-order valence-electron chi connectivity index (χ3n) is 4.13. The molecular formula is C17H17BN2O4S. The zero-order valence-corrected chi connectivity index (χ0v) is 14.7. The monoisotopic (exact) mass is 356 g/mol. The molecule has 1 fully saturated rings. The van der Waals surface area contributed by atoms with Crippen LogP contribution in [0, 0.1) is 0 Å². The second-order valence-electron chi connectivity index (χ2n) is 6.59. The van der Waals surface area contributed by atoms with Gasteiger partial charge in [0.05, 0.1) is 17.1 Å². The topological polar surface area (TPSA) is 70.4 Å². The molecule has 1 aliphatic rings. The van der Waals surface area contributed by atoms with Crippen molar-refractivity contribution in [3.05, 3.63) is 54.9 Å². The summed E-state index contributed by atoms with van der Waals surface area (Å²) in [5.74, 6) is 0. The normalized spacial score (nSPS) is 17.3. The van der Waals surface area contributed by atoms with Crippen LogP contribution in [0.4, 0.5) is 0 Å². The first-order chi connectivity index (χ1) is 11.9. The summed E-state index contributed by atoms with van der Waals surface area (Å²) in [6, 6.07) is 11.9. The van der Waals surface area contributed by atoms with Gasteiger partial charge in [0, 0.05) is 23.2 Å². The predicted octanol–water partition coefficient (Wildman–Crippen LogP) is 1.79. The second kappa shape index (κ2) is 5.69. The number of benzene rings is 1. The van der Waals surface area contributed by atoms with Crippen molar-refractivity contribution in [2.24, 2.45) is 0 Å². The van der Waals surface area contributed by atoms with Crippen molar-refractivity contribution >= 4 is 33.6 Å². The van der Waals surface area contributed by atoms with Gasteiger partial charge >= 0.3 is 7.12 Å². The van der Waals surface area contributed by atoms with Gasteiger partial charge in [-0.3, -0.25) is 0 Å².